The van der Waals surface area contributed by atoms with E-state index in [2.05, 4.69) is 11.1 Å². The lowest BCUT2D eigenvalue weighted by Gasteiger charge is -2.16. The molecule has 0 saturated carbocycles. The molecule has 0 amide bonds. The maximum absolute atomic E-state index is 12.9. The van der Waals surface area contributed by atoms with Crippen molar-refractivity contribution in [1.82, 2.24) is 9.55 Å². The summed E-state index contributed by atoms with van der Waals surface area (Å²) in [5.74, 6) is 0.707. The lowest BCUT2D eigenvalue weighted by atomic mass is 10.1. The van der Waals surface area contributed by atoms with Crippen LogP contribution in [0.2, 0.25) is 0 Å². The third-order valence-electron chi connectivity index (χ3n) is 3.65. The van der Waals surface area contributed by atoms with E-state index in [1.807, 2.05) is 27.7 Å². The molecule has 0 aliphatic heterocycles. The lowest BCUT2D eigenvalue weighted by molar-refractivity contribution is 0.476. The van der Waals surface area contributed by atoms with Crippen molar-refractivity contribution >= 4 is 10.9 Å². The predicted molar refractivity (Wildman–Crippen MR) is 99.2 cm³/mol. The molecule has 2 aromatic carbocycles. The average molecular weight is 335 g/mol. The number of nitriles is 1. The van der Waals surface area contributed by atoms with Gasteiger partial charge in [0.25, 0.3) is 5.56 Å². The number of aromatic nitrogens is 2. The minimum Gasteiger partial charge on any atom is -0.508 e. The molecule has 0 unspecified atom stereocenters. The molecule has 0 saturated heterocycles. The van der Waals surface area contributed by atoms with Crippen LogP contribution in [0.15, 0.2) is 47.3 Å². The fourth-order valence-electron chi connectivity index (χ4n) is 2.51. The van der Waals surface area contributed by atoms with Crippen LogP contribution < -0.4 is 5.56 Å². The summed E-state index contributed by atoms with van der Waals surface area (Å²) in [5.41, 5.74) is 1.48. The molecule has 0 bridgehead atoms. The molecule has 0 spiro atoms. The second-order valence-corrected chi connectivity index (χ2v) is 5.63. The number of aromatic hydroxyl groups is 1. The van der Waals surface area contributed by atoms with E-state index >= 15 is 0 Å². The van der Waals surface area contributed by atoms with Gasteiger partial charge in [-0.3, -0.25) is 9.36 Å². The first-order chi connectivity index (χ1) is 12.0. The molecule has 5 nitrogen and oxygen atoms in total. The van der Waals surface area contributed by atoms with Crippen LogP contribution in [0.3, 0.4) is 0 Å². The van der Waals surface area contributed by atoms with E-state index in [1.54, 1.807) is 34.9 Å². The molecule has 128 valence electrons. The first-order valence-electron chi connectivity index (χ1n) is 8.27. The lowest BCUT2D eigenvalue weighted by Crippen LogP contribution is -2.24. The smallest absolute Gasteiger partial charge is 0.265 e. The summed E-state index contributed by atoms with van der Waals surface area (Å²) in [4.78, 5) is 17.4. The van der Waals surface area contributed by atoms with Crippen LogP contribution in [-0.2, 0) is 0 Å². The van der Waals surface area contributed by atoms with Gasteiger partial charge in [0.2, 0.25) is 0 Å². The van der Waals surface area contributed by atoms with Crippen molar-refractivity contribution in [3.63, 3.8) is 0 Å². The number of rotatable bonds is 2. The van der Waals surface area contributed by atoms with Crippen LogP contribution in [0.5, 0.6) is 5.75 Å². The Hall–Kier alpha value is -3.13. The highest BCUT2D eigenvalue weighted by Crippen LogP contribution is 2.21. The highest BCUT2D eigenvalue weighted by Gasteiger charge is 2.15. The molecule has 1 heterocycles. The Bertz CT molecular complexity index is 981. The van der Waals surface area contributed by atoms with Crippen LogP contribution in [0, 0.1) is 11.3 Å². The topological polar surface area (TPSA) is 78.9 Å². The molecule has 1 N–H and O–H groups in total. The summed E-state index contributed by atoms with van der Waals surface area (Å²) in [7, 11) is 0. The fourth-order valence-corrected chi connectivity index (χ4v) is 2.51. The van der Waals surface area contributed by atoms with Crippen molar-refractivity contribution in [2.24, 2.45) is 0 Å². The van der Waals surface area contributed by atoms with Crippen molar-refractivity contribution in [2.45, 2.75) is 33.6 Å². The van der Waals surface area contributed by atoms with Gasteiger partial charge in [-0.15, -0.1) is 0 Å². The van der Waals surface area contributed by atoms with Gasteiger partial charge in [-0.2, -0.15) is 5.26 Å². The summed E-state index contributed by atoms with van der Waals surface area (Å²) in [5, 5.41) is 19.0. The maximum atomic E-state index is 12.9. The molecular weight excluding hydrogens is 314 g/mol. The van der Waals surface area contributed by atoms with Crippen LogP contribution in [-0.4, -0.2) is 14.7 Å². The Morgan fingerprint density at radius 3 is 2.32 bits per heavy atom. The summed E-state index contributed by atoms with van der Waals surface area (Å²) in [6.07, 6.45) is 0. The van der Waals surface area contributed by atoms with Gasteiger partial charge in [0, 0.05) is 12.0 Å². The summed E-state index contributed by atoms with van der Waals surface area (Å²) in [6.45, 7) is 7.91. The highest BCUT2D eigenvalue weighted by atomic mass is 16.3. The van der Waals surface area contributed by atoms with Gasteiger partial charge in [0.15, 0.2) is 0 Å². The van der Waals surface area contributed by atoms with Crippen molar-refractivity contribution in [3.05, 3.63) is 64.2 Å². The molecule has 0 aliphatic rings. The first kappa shape index (κ1) is 18.2. The minimum absolute atomic E-state index is 0.0186. The number of benzene rings is 2. The van der Waals surface area contributed by atoms with E-state index in [9.17, 15) is 9.90 Å². The Labute approximate surface area is 146 Å². The van der Waals surface area contributed by atoms with Crippen LogP contribution in [0.1, 0.15) is 45.0 Å². The molecule has 25 heavy (non-hydrogen) atoms. The standard InChI is InChI=1S/C18H15N3O2.C2H6/c1-11(2)17-20-16-9-14(22)7-8-15(16)18(23)21(17)13-5-3-12(10-19)4-6-13;1-2/h3-9,11,22H,1-2H3;1-2H3. The third-order valence-corrected chi connectivity index (χ3v) is 3.65. The van der Waals surface area contributed by atoms with Crippen LogP contribution in [0.4, 0.5) is 0 Å². The molecule has 0 aliphatic carbocycles. The highest BCUT2D eigenvalue weighted by molar-refractivity contribution is 5.79. The summed E-state index contributed by atoms with van der Waals surface area (Å²) < 4.78 is 1.56. The second kappa shape index (κ2) is 7.63. The van der Waals surface area contributed by atoms with E-state index in [4.69, 9.17) is 5.26 Å². The van der Waals surface area contributed by atoms with Crippen molar-refractivity contribution in [2.75, 3.05) is 0 Å². The van der Waals surface area contributed by atoms with E-state index in [-0.39, 0.29) is 17.2 Å². The quantitative estimate of drug-likeness (QED) is 0.764. The van der Waals surface area contributed by atoms with E-state index in [1.165, 1.54) is 12.1 Å². The normalized spacial score (nSPS) is 10.2. The molecule has 3 aromatic rings. The molecular formula is C20H21N3O2. The van der Waals surface area contributed by atoms with Crippen molar-refractivity contribution < 1.29 is 5.11 Å². The third kappa shape index (κ3) is 3.53. The summed E-state index contributed by atoms with van der Waals surface area (Å²) >= 11 is 0. The zero-order chi connectivity index (χ0) is 18.6. The van der Waals surface area contributed by atoms with Gasteiger partial charge in [0.05, 0.1) is 28.2 Å². The maximum Gasteiger partial charge on any atom is 0.265 e. The molecule has 3 rings (SSSR count). The zero-order valence-electron chi connectivity index (χ0n) is 14.8. The molecule has 1 aromatic heterocycles. The van der Waals surface area contributed by atoms with Crippen LogP contribution >= 0.6 is 0 Å². The van der Waals surface area contributed by atoms with E-state index in [0.717, 1.165) is 0 Å². The zero-order valence-corrected chi connectivity index (χ0v) is 14.8. The molecule has 0 fully saturated rings. The van der Waals surface area contributed by atoms with Gasteiger partial charge < -0.3 is 5.11 Å². The van der Waals surface area contributed by atoms with Gasteiger partial charge in [0.1, 0.15) is 11.6 Å². The largest absolute Gasteiger partial charge is 0.508 e. The van der Waals surface area contributed by atoms with Crippen molar-refractivity contribution in [3.8, 4) is 17.5 Å². The number of fused-ring (bicyclic) bond motifs is 1. The molecule has 0 atom stereocenters. The number of phenolic OH excluding ortho intramolecular Hbond substituents is 1. The average Bonchev–Trinajstić information content (AvgIpc) is 2.63. The molecule has 5 heteroatoms. The first-order valence-corrected chi connectivity index (χ1v) is 8.27. The van der Waals surface area contributed by atoms with Crippen LogP contribution in [0.25, 0.3) is 16.6 Å². The monoisotopic (exact) mass is 335 g/mol. The van der Waals surface area contributed by atoms with Gasteiger partial charge in [-0.25, -0.2) is 4.98 Å². The van der Waals surface area contributed by atoms with Gasteiger partial charge in [-0.1, -0.05) is 27.7 Å². The fraction of sp³-hybridized carbons (Fsp3) is 0.250. The Morgan fingerprint density at radius 2 is 1.76 bits per heavy atom. The summed E-state index contributed by atoms with van der Waals surface area (Å²) in [6, 6.07) is 13.4. The number of hydrogen-bond donors (Lipinski definition) is 1. The molecule has 0 radical (unpaired) electrons. The van der Waals surface area contributed by atoms with Gasteiger partial charge >= 0.3 is 0 Å². The number of hydrogen-bond acceptors (Lipinski definition) is 4. The van der Waals surface area contributed by atoms with Gasteiger partial charge in [-0.05, 0) is 36.4 Å². The van der Waals surface area contributed by atoms with E-state index in [0.29, 0.717) is 28.0 Å². The SMILES string of the molecule is CC.CC(C)c1nc2cc(O)ccc2c(=O)n1-c1ccc(C#N)cc1. The Balaban J connectivity index is 0.00000109. The predicted octanol–water partition coefficient (Wildman–Crippen LogP) is 4.11. The minimum atomic E-state index is -0.191. The Kier molecular flexibility index (Phi) is 5.56. The number of nitrogens with zero attached hydrogens (tertiary/aromatic N) is 3. The number of phenols is 1. The second-order valence-electron chi connectivity index (χ2n) is 5.63. The van der Waals surface area contributed by atoms with E-state index < -0.39 is 0 Å². The Morgan fingerprint density at radius 1 is 1.12 bits per heavy atom. The van der Waals surface area contributed by atoms with Crippen molar-refractivity contribution in [1.29, 1.82) is 5.26 Å².